The van der Waals surface area contributed by atoms with Crippen LogP contribution in [0, 0.1) is 5.95 Å². The van der Waals surface area contributed by atoms with E-state index >= 15 is 0 Å². The average molecular weight is 273 g/mol. The van der Waals surface area contributed by atoms with Crippen LogP contribution in [-0.2, 0) is 0 Å². The zero-order valence-corrected chi connectivity index (χ0v) is 10.4. The zero-order valence-electron chi connectivity index (χ0n) is 9.64. The lowest BCUT2D eigenvalue weighted by Crippen LogP contribution is -2.51. The number of nitrogens with one attached hydrogen (secondary N) is 1. The van der Waals surface area contributed by atoms with E-state index in [2.05, 4.69) is 10.3 Å². The molecule has 1 aliphatic carbocycles. The van der Waals surface area contributed by atoms with Crippen molar-refractivity contribution in [1.82, 2.24) is 10.3 Å². The van der Waals surface area contributed by atoms with Gasteiger partial charge in [-0.05, 0) is 25.3 Å². The van der Waals surface area contributed by atoms with Crippen LogP contribution >= 0.6 is 11.6 Å². The molecule has 4 nitrogen and oxygen atoms in total. The predicted molar refractivity (Wildman–Crippen MR) is 64.9 cm³/mol. The van der Waals surface area contributed by atoms with E-state index in [1.165, 1.54) is 12.3 Å². The third-order valence-corrected chi connectivity index (χ3v) is 3.56. The summed E-state index contributed by atoms with van der Waals surface area (Å²) in [5, 5.41) is 12.1. The number of hydrogen-bond donors (Lipinski definition) is 2. The predicted octanol–water partition coefficient (Wildman–Crippen LogP) is 1.47. The Morgan fingerprint density at radius 1 is 1.56 bits per heavy atom. The fraction of sp³-hybridized carbons (Fsp3) is 0.500. The highest BCUT2D eigenvalue weighted by atomic mass is 35.5. The molecule has 0 saturated heterocycles. The molecule has 1 saturated carbocycles. The molecular weight excluding hydrogens is 259 g/mol. The second-order valence-electron chi connectivity index (χ2n) is 4.38. The van der Waals surface area contributed by atoms with Crippen LogP contribution in [0.4, 0.5) is 4.39 Å². The van der Waals surface area contributed by atoms with E-state index in [0.717, 1.165) is 18.9 Å². The van der Waals surface area contributed by atoms with E-state index in [9.17, 15) is 14.3 Å². The second kappa shape index (κ2) is 5.63. The van der Waals surface area contributed by atoms with Gasteiger partial charge in [-0.1, -0.05) is 0 Å². The molecule has 1 aliphatic rings. The van der Waals surface area contributed by atoms with Gasteiger partial charge in [-0.25, -0.2) is 4.98 Å². The number of carbonyl (C=O) groups is 1. The van der Waals surface area contributed by atoms with Crippen LogP contribution in [0.1, 0.15) is 29.6 Å². The van der Waals surface area contributed by atoms with Gasteiger partial charge in [-0.15, -0.1) is 11.6 Å². The first-order chi connectivity index (χ1) is 8.58. The number of rotatable bonds is 2. The van der Waals surface area contributed by atoms with Crippen molar-refractivity contribution in [3.63, 3.8) is 0 Å². The molecule has 1 aromatic rings. The molecule has 6 heteroatoms. The maximum Gasteiger partial charge on any atom is 0.251 e. The molecule has 0 aliphatic heterocycles. The SMILES string of the molecule is O=C(N[C@@H]1[C@H](O)CCC[C@@H]1Cl)c1ccnc(F)c1. The fourth-order valence-electron chi connectivity index (χ4n) is 2.09. The molecule has 0 radical (unpaired) electrons. The van der Waals surface area contributed by atoms with Gasteiger partial charge in [0, 0.05) is 17.8 Å². The summed E-state index contributed by atoms with van der Waals surface area (Å²) in [7, 11) is 0. The van der Waals surface area contributed by atoms with E-state index in [1.54, 1.807) is 0 Å². The van der Waals surface area contributed by atoms with E-state index < -0.39 is 24.0 Å². The lowest BCUT2D eigenvalue weighted by molar-refractivity contribution is 0.0728. The Hall–Kier alpha value is -1.20. The molecule has 0 aromatic carbocycles. The highest BCUT2D eigenvalue weighted by Crippen LogP contribution is 2.23. The molecule has 0 bridgehead atoms. The lowest BCUT2D eigenvalue weighted by Gasteiger charge is -2.32. The zero-order chi connectivity index (χ0) is 13.1. The summed E-state index contributed by atoms with van der Waals surface area (Å²) in [4.78, 5) is 15.3. The molecule has 18 heavy (non-hydrogen) atoms. The Balaban J connectivity index is 2.06. The van der Waals surface area contributed by atoms with Crippen molar-refractivity contribution in [2.75, 3.05) is 0 Å². The van der Waals surface area contributed by atoms with Crippen LogP contribution in [0.15, 0.2) is 18.3 Å². The summed E-state index contributed by atoms with van der Waals surface area (Å²) in [6.07, 6.45) is 2.76. The van der Waals surface area contributed by atoms with Crippen LogP contribution in [0.5, 0.6) is 0 Å². The standard InChI is InChI=1S/C12H14ClFN2O2/c13-8-2-1-3-9(17)11(8)16-12(18)7-4-5-15-10(14)6-7/h4-6,8-9,11,17H,1-3H2,(H,16,18)/t8-,9+,11-/m0/s1. The summed E-state index contributed by atoms with van der Waals surface area (Å²) in [6, 6.07) is 1.97. The van der Waals surface area contributed by atoms with Crippen LogP contribution in [0.2, 0.25) is 0 Å². The maximum atomic E-state index is 12.9. The molecule has 2 N–H and O–H groups in total. The Morgan fingerprint density at radius 2 is 2.33 bits per heavy atom. The molecule has 0 spiro atoms. The number of aliphatic hydroxyl groups is 1. The first-order valence-corrected chi connectivity index (χ1v) is 6.26. The van der Waals surface area contributed by atoms with Gasteiger partial charge in [0.05, 0.1) is 17.5 Å². The monoisotopic (exact) mass is 272 g/mol. The smallest absolute Gasteiger partial charge is 0.251 e. The molecule has 1 heterocycles. The maximum absolute atomic E-state index is 12.9. The van der Waals surface area contributed by atoms with Crippen LogP contribution in [0.25, 0.3) is 0 Å². The Bertz CT molecular complexity index is 434. The fourth-order valence-corrected chi connectivity index (χ4v) is 2.47. The molecule has 3 atom stereocenters. The minimum absolute atomic E-state index is 0.171. The topological polar surface area (TPSA) is 62.2 Å². The number of nitrogens with zero attached hydrogens (tertiary/aromatic N) is 1. The van der Waals surface area contributed by atoms with Gasteiger partial charge in [-0.2, -0.15) is 4.39 Å². The molecule has 1 amide bonds. The van der Waals surface area contributed by atoms with Crippen LogP contribution in [0.3, 0.4) is 0 Å². The Kier molecular flexibility index (Phi) is 4.14. The quantitative estimate of drug-likeness (QED) is 0.633. The van der Waals surface area contributed by atoms with Gasteiger partial charge in [0.25, 0.3) is 5.91 Å². The first-order valence-electron chi connectivity index (χ1n) is 5.82. The number of halogens is 2. The van der Waals surface area contributed by atoms with E-state index in [-0.39, 0.29) is 10.9 Å². The minimum atomic E-state index is -0.714. The molecule has 0 unspecified atom stereocenters. The van der Waals surface area contributed by atoms with Crippen LogP contribution < -0.4 is 5.32 Å². The summed E-state index contributed by atoms with van der Waals surface area (Å²) < 4.78 is 12.9. The number of hydrogen-bond acceptors (Lipinski definition) is 3. The number of aromatic nitrogens is 1. The third kappa shape index (κ3) is 2.97. The number of aliphatic hydroxyl groups excluding tert-OH is 1. The first kappa shape index (κ1) is 13.2. The summed E-state index contributed by atoms with van der Waals surface area (Å²) in [5.41, 5.74) is 0.171. The van der Waals surface area contributed by atoms with Gasteiger partial charge in [-0.3, -0.25) is 4.79 Å². The highest BCUT2D eigenvalue weighted by Gasteiger charge is 2.32. The van der Waals surface area contributed by atoms with Crippen molar-refractivity contribution in [3.05, 3.63) is 29.8 Å². The van der Waals surface area contributed by atoms with Gasteiger partial charge >= 0.3 is 0 Å². The van der Waals surface area contributed by atoms with Gasteiger partial charge in [0.1, 0.15) is 0 Å². The van der Waals surface area contributed by atoms with E-state index in [0.29, 0.717) is 6.42 Å². The Morgan fingerprint density at radius 3 is 3.00 bits per heavy atom. The minimum Gasteiger partial charge on any atom is -0.391 e. The van der Waals surface area contributed by atoms with Gasteiger partial charge < -0.3 is 10.4 Å². The van der Waals surface area contributed by atoms with Crippen molar-refractivity contribution in [1.29, 1.82) is 0 Å². The number of alkyl halides is 1. The second-order valence-corrected chi connectivity index (χ2v) is 4.94. The molecule has 1 fully saturated rings. The number of amides is 1. The van der Waals surface area contributed by atoms with E-state index in [1.807, 2.05) is 0 Å². The van der Waals surface area contributed by atoms with Crippen LogP contribution in [-0.4, -0.2) is 33.5 Å². The van der Waals surface area contributed by atoms with E-state index in [4.69, 9.17) is 11.6 Å². The molecule has 98 valence electrons. The van der Waals surface area contributed by atoms with Crippen molar-refractivity contribution >= 4 is 17.5 Å². The van der Waals surface area contributed by atoms with Gasteiger partial charge in [0.15, 0.2) is 0 Å². The van der Waals surface area contributed by atoms with Crippen molar-refractivity contribution in [3.8, 4) is 0 Å². The Labute approximate surface area is 109 Å². The normalized spacial score (nSPS) is 27.8. The third-order valence-electron chi connectivity index (χ3n) is 3.07. The van der Waals surface area contributed by atoms with Crippen molar-refractivity contribution < 1.29 is 14.3 Å². The number of pyridine rings is 1. The largest absolute Gasteiger partial charge is 0.391 e. The summed E-state index contributed by atoms with van der Waals surface area (Å²) in [5.74, 6) is -1.16. The summed E-state index contributed by atoms with van der Waals surface area (Å²) in [6.45, 7) is 0. The highest BCUT2D eigenvalue weighted by molar-refractivity contribution is 6.21. The van der Waals surface area contributed by atoms with Crippen molar-refractivity contribution in [2.24, 2.45) is 0 Å². The molecule has 1 aromatic heterocycles. The average Bonchev–Trinajstić information content (AvgIpc) is 2.34. The molecular formula is C12H14ClFN2O2. The lowest BCUT2D eigenvalue weighted by atomic mass is 9.92. The molecule has 2 rings (SSSR count). The summed E-state index contributed by atoms with van der Waals surface area (Å²) >= 11 is 6.08. The number of carbonyl (C=O) groups excluding carboxylic acids is 1. The van der Waals surface area contributed by atoms with Crippen molar-refractivity contribution in [2.45, 2.75) is 36.8 Å². The van der Waals surface area contributed by atoms with Gasteiger partial charge in [0.2, 0.25) is 5.95 Å².